The van der Waals surface area contributed by atoms with E-state index in [1.54, 1.807) is 11.0 Å². The molecule has 1 fully saturated rings. The molecule has 0 aromatic heterocycles. The molecule has 0 bridgehead atoms. The van der Waals surface area contributed by atoms with Gasteiger partial charge in [0.2, 0.25) is 0 Å². The summed E-state index contributed by atoms with van der Waals surface area (Å²) in [7, 11) is 0.539. The third-order valence-electron chi connectivity index (χ3n) is 4.10. The molecule has 22 heavy (non-hydrogen) atoms. The van der Waals surface area contributed by atoms with Crippen molar-refractivity contribution in [3.63, 3.8) is 0 Å². The Balaban J connectivity index is 2.28. The molecule has 1 aliphatic rings. The summed E-state index contributed by atoms with van der Waals surface area (Å²) in [6.45, 7) is 3.42. The quantitative estimate of drug-likeness (QED) is 0.838. The first kappa shape index (κ1) is 17.2. The normalized spacial score (nSPS) is 22.4. The Morgan fingerprint density at radius 1 is 1.32 bits per heavy atom. The van der Waals surface area contributed by atoms with Crippen LogP contribution in [0.3, 0.4) is 0 Å². The van der Waals surface area contributed by atoms with E-state index in [-0.39, 0.29) is 15.8 Å². The molecule has 1 aromatic carbocycles. The monoisotopic (exact) mass is 344 g/mol. The third-order valence-corrected chi connectivity index (χ3v) is 5.68. The average Bonchev–Trinajstić information content (AvgIpc) is 2.79. The van der Waals surface area contributed by atoms with E-state index >= 15 is 0 Å². The zero-order chi connectivity index (χ0) is 16.7. The van der Waals surface area contributed by atoms with E-state index in [0.717, 1.165) is 6.26 Å². The summed E-state index contributed by atoms with van der Waals surface area (Å²) < 4.78 is 23.5. The maximum Gasteiger partial charge on any atom is 0.253 e. The number of benzene rings is 1. The number of rotatable bonds is 3. The fourth-order valence-electron chi connectivity index (χ4n) is 2.89. The van der Waals surface area contributed by atoms with Gasteiger partial charge in [0.15, 0.2) is 9.84 Å². The van der Waals surface area contributed by atoms with Crippen LogP contribution in [0.5, 0.6) is 0 Å². The summed E-state index contributed by atoms with van der Waals surface area (Å²) in [6.07, 6.45) is 1.09. The lowest BCUT2D eigenvalue weighted by Crippen LogP contribution is -2.35. The van der Waals surface area contributed by atoms with Gasteiger partial charge in [0.25, 0.3) is 5.91 Å². The van der Waals surface area contributed by atoms with E-state index in [9.17, 15) is 13.2 Å². The number of carbonyl (C=O) groups excluding carboxylic acids is 1. The SMILES string of the molecule is C[C@@H]1CN(C(=O)c2ccc(Cl)c(S(C)(=O)=O)c2)C[C@H]1N(C)C. The van der Waals surface area contributed by atoms with Crippen molar-refractivity contribution in [3.8, 4) is 0 Å². The maximum absolute atomic E-state index is 12.6. The standard InChI is InChI=1S/C15H21ClN2O3S/c1-10-8-18(9-13(10)17(2)3)15(19)11-5-6-12(16)14(7-11)22(4,20)21/h5-7,10,13H,8-9H2,1-4H3/t10-,13-/m1/s1. The molecule has 2 rings (SSSR count). The van der Waals surface area contributed by atoms with E-state index in [4.69, 9.17) is 11.6 Å². The lowest BCUT2D eigenvalue weighted by molar-refractivity contribution is 0.0781. The number of amides is 1. The fourth-order valence-corrected chi connectivity index (χ4v) is 4.19. The minimum Gasteiger partial charge on any atom is -0.337 e. The minimum atomic E-state index is -3.46. The molecule has 0 unspecified atom stereocenters. The Morgan fingerprint density at radius 2 is 1.95 bits per heavy atom. The second-order valence-corrected chi connectivity index (χ2v) is 8.53. The second-order valence-electron chi connectivity index (χ2n) is 6.14. The number of likely N-dealkylation sites (tertiary alicyclic amines) is 1. The summed E-state index contributed by atoms with van der Waals surface area (Å²) in [5.74, 6) is 0.221. The van der Waals surface area contributed by atoms with Crippen LogP contribution in [0.15, 0.2) is 23.1 Å². The Hall–Kier alpha value is -1.11. The van der Waals surface area contributed by atoms with Gasteiger partial charge in [0, 0.05) is 31.0 Å². The van der Waals surface area contributed by atoms with Crippen LogP contribution in [0.1, 0.15) is 17.3 Å². The van der Waals surface area contributed by atoms with Gasteiger partial charge in [-0.3, -0.25) is 4.79 Å². The lowest BCUT2D eigenvalue weighted by Gasteiger charge is -2.22. The Kier molecular flexibility index (Phi) is 4.84. The largest absolute Gasteiger partial charge is 0.337 e. The molecule has 1 heterocycles. The molecule has 0 saturated carbocycles. The molecule has 1 aliphatic heterocycles. The van der Waals surface area contributed by atoms with Gasteiger partial charge in [0.1, 0.15) is 0 Å². The molecular weight excluding hydrogens is 324 g/mol. The molecule has 5 nitrogen and oxygen atoms in total. The first-order valence-electron chi connectivity index (χ1n) is 7.06. The molecule has 0 radical (unpaired) electrons. The smallest absolute Gasteiger partial charge is 0.253 e. The van der Waals surface area contributed by atoms with Gasteiger partial charge in [0.05, 0.1) is 9.92 Å². The van der Waals surface area contributed by atoms with Gasteiger partial charge >= 0.3 is 0 Å². The van der Waals surface area contributed by atoms with Crippen molar-refractivity contribution in [2.75, 3.05) is 33.4 Å². The minimum absolute atomic E-state index is 0.00331. The van der Waals surface area contributed by atoms with Crippen LogP contribution in [-0.4, -0.2) is 63.6 Å². The van der Waals surface area contributed by atoms with E-state index in [1.807, 2.05) is 14.1 Å². The van der Waals surface area contributed by atoms with Crippen LogP contribution in [0, 0.1) is 5.92 Å². The molecular formula is C15H21ClN2O3S. The number of carbonyl (C=O) groups is 1. The van der Waals surface area contributed by atoms with Crippen molar-refractivity contribution < 1.29 is 13.2 Å². The predicted octanol–water partition coefficient (Wildman–Crippen LogP) is 1.77. The second kappa shape index (κ2) is 6.18. The molecule has 0 spiro atoms. The molecule has 1 aromatic rings. The highest BCUT2D eigenvalue weighted by Gasteiger charge is 2.34. The van der Waals surface area contributed by atoms with Crippen LogP contribution in [0.2, 0.25) is 5.02 Å². The van der Waals surface area contributed by atoms with Crippen LogP contribution < -0.4 is 0 Å². The number of halogens is 1. The van der Waals surface area contributed by atoms with E-state index in [2.05, 4.69) is 11.8 Å². The molecule has 0 aliphatic carbocycles. The average molecular weight is 345 g/mol. The van der Waals surface area contributed by atoms with Gasteiger partial charge in [-0.2, -0.15) is 0 Å². The molecule has 2 atom stereocenters. The number of sulfone groups is 1. The van der Waals surface area contributed by atoms with Crippen LogP contribution in [0.25, 0.3) is 0 Å². The molecule has 0 N–H and O–H groups in total. The highest BCUT2D eigenvalue weighted by atomic mass is 35.5. The van der Waals surface area contributed by atoms with Crippen molar-refractivity contribution in [1.29, 1.82) is 0 Å². The van der Waals surface area contributed by atoms with Crippen molar-refractivity contribution in [2.45, 2.75) is 17.9 Å². The summed E-state index contributed by atoms with van der Waals surface area (Å²) >= 11 is 5.92. The van der Waals surface area contributed by atoms with Gasteiger partial charge in [-0.25, -0.2) is 8.42 Å². The maximum atomic E-state index is 12.6. The third kappa shape index (κ3) is 3.45. The number of likely N-dealkylation sites (N-methyl/N-ethyl adjacent to an activating group) is 1. The molecule has 1 saturated heterocycles. The summed E-state index contributed by atoms with van der Waals surface area (Å²) in [5, 5.41) is 0.139. The molecule has 7 heteroatoms. The summed E-state index contributed by atoms with van der Waals surface area (Å²) in [4.78, 5) is 16.5. The van der Waals surface area contributed by atoms with Crippen molar-refractivity contribution in [1.82, 2.24) is 9.80 Å². The van der Waals surface area contributed by atoms with Crippen molar-refractivity contribution in [2.24, 2.45) is 5.92 Å². The van der Waals surface area contributed by atoms with Gasteiger partial charge in [-0.1, -0.05) is 18.5 Å². The van der Waals surface area contributed by atoms with Crippen LogP contribution in [-0.2, 0) is 9.84 Å². The zero-order valence-corrected chi connectivity index (χ0v) is 14.8. The van der Waals surface area contributed by atoms with Crippen molar-refractivity contribution in [3.05, 3.63) is 28.8 Å². The topological polar surface area (TPSA) is 57.7 Å². The van der Waals surface area contributed by atoms with Crippen LogP contribution in [0.4, 0.5) is 0 Å². The summed E-state index contributed by atoms with van der Waals surface area (Å²) in [5.41, 5.74) is 0.358. The number of hydrogen-bond acceptors (Lipinski definition) is 4. The Morgan fingerprint density at radius 3 is 2.45 bits per heavy atom. The van der Waals surface area contributed by atoms with Gasteiger partial charge in [-0.05, 0) is 38.2 Å². The van der Waals surface area contributed by atoms with E-state index < -0.39 is 9.84 Å². The predicted molar refractivity (Wildman–Crippen MR) is 87.1 cm³/mol. The highest BCUT2D eigenvalue weighted by Crippen LogP contribution is 2.26. The lowest BCUT2D eigenvalue weighted by atomic mass is 10.1. The van der Waals surface area contributed by atoms with Gasteiger partial charge in [-0.15, -0.1) is 0 Å². The highest BCUT2D eigenvalue weighted by molar-refractivity contribution is 7.90. The first-order chi connectivity index (χ1) is 10.1. The van der Waals surface area contributed by atoms with E-state index in [1.165, 1.54) is 12.1 Å². The summed E-state index contributed by atoms with van der Waals surface area (Å²) in [6, 6.07) is 4.72. The first-order valence-corrected chi connectivity index (χ1v) is 9.33. The Bertz CT molecular complexity index is 688. The van der Waals surface area contributed by atoms with Crippen molar-refractivity contribution >= 4 is 27.3 Å². The molecule has 1 amide bonds. The fraction of sp³-hybridized carbons (Fsp3) is 0.533. The number of nitrogens with zero attached hydrogens (tertiary/aromatic N) is 2. The Labute approximate surface area is 136 Å². The van der Waals surface area contributed by atoms with E-state index in [0.29, 0.717) is 30.6 Å². The number of hydrogen-bond donors (Lipinski definition) is 0. The zero-order valence-electron chi connectivity index (χ0n) is 13.2. The van der Waals surface area contributed by atoms with Gasteiger partial charge < -0.3 is 9.80 Å². The van der Waals surface area contributed by atoms with Crippen LogP contribution >= 0.6 is 11.6 Å². The molecule has 122 valence electrons.